The average molecular weight is 258 g/mol. The molecule has 100 valence electrons. The van der Waals surface area contributed by atoms with Crippen LogP contribution in [-0.4, -0.2) is 20.8 Å². The fourth-order valence-electron chi connectivity index (χ4n) is 1.84. The standard InChI is InChI=1S/C14H18N4O/c1-18-10-16-17-14(18)9-19-13-6-2-11(3-7-13)8-15-12-4-5-12/h2-3,6-7,10,12,15H,4-5,8-9H2,1H3. The Bertz CT molecular complexity index is 531. The first kappa shape index (κ1) is 12.2. The van der Waals surface area contributed by atoms with Gasteiger partial charge in [-0.3, -0.25) is 0 Å². The fourth-order valence-corrected chi connectivity index (χ4v) is 1.84. The van der Waals surface area contributed by atoms with Gasteiger partial charge in [0.2, 0.25) is 0 Å². The molecule has 1 saturated carbocycles. The topological polar surface area (TPSA) is 52.0 Å². The number of nitrogens with zero attached hydrogens (tertiary/aromatic N) is 3. The van der Waals surface area contributed by atoms with Gasteiger partial charge in [0, 0.05) is 19.6 Å². The minimum absolute atomic E-state index is 0.441. The van der Waals surface area contributed by atoms with Gasteiger partial charge >= 0.3 is 0 Å². The van der Waals surface area contributed by atoms with Crippen molar-refractivity contribution in [2.45, 2.75) is 32.0 Å². The fraction of sp³-hybridized carbons (Fsp3) is 0.429. The maximum atomic E-state index is 5.68. The van der Waals surface area contributed by atoms with Gasteiger partial charge in [-0.05, 0) is 30.5 Å². The van der Waals surface area contributed by atoms with E-state index in [1.807, 2.05) is 23.7 Å². The van der Waals surface area contributed by atoms with E-state index in [4.69, 9.17) is 4.74 Å². The van der Waals surface area contributed by atoms with Crippen LogP contribution in [0.5, 0.6) is 5.75 Å². The lowest BCUT2D eigenvalue weighted by atomic mass is 10.2. The minimum atomic E-state index is 0.441. The lowest BCUT2D eigenvalue weighted by Gasteiger charge is -2.07. The molecule has 5 nitrogen and oxygen atoms in total. The molecule has 1 aliphatic rings. The highest BCUT2D eigenvalue weighted by Crippen LogP contribution is 2.20. The van der Waals surface area contributed by atoms with Crippen molar-refractivity contribution in [3.8, 4) is 5.75 Å². The van der Waals surface area contributed by atoms with Crippen molar-refractivity contribution < 1.29 is 4.74 Å². The monoisotopic (exact) mass is 258 g/mol. The van der Waals surface area contributed by atoms with Crippen molar-refractivity contribution in [2.24, 2.45) is 7.05 Å². The smallest absolute Gasteiger partial charge is 0.170 e. The predicted octanol–water partition coefficient (Wildman–Crippen LogP) is 1.65. The Hall–Kier alpha value is -1.88. The van der Waals surface area contributed by atoms with E-state index in [0.29, 0.717) is 6.61 Å². The highest BCUT2D eigenvalue weighted by Gasteiger charge is 2.19. The molecular weight excluding hydrogens is 240 g/mol. The molecule has 0 unspecified atom stereocenters. The van der Waals surface area contributed by atoms with Gasteiger partial charge in [0.05, 0.1) is 0 Å². The summed E-state index contributed by atoms with van der Waals surface area (Å²) in [5.41, 5.74) is 1.29. The third-order valence-corrected chi connectivity index (χ3v) is 3.27. The maximum Gasteiger partial charge on any atom is 0.170 e. The molecule has 5 heteroatoms. The summed E-state index contributed by atoms with van der Waals surface area (Å²) in [5, 5.41) is 11.3. The van der Waals surface area contributed by atoms with Crippen molar-refractivity contribution in [1.29, 1.82) is 0 Å². The summed E-state index contributed by atoms with van der Waals surface area (Å²) in [6, 6.07) is 8.94. The van der Waals surface area contributed by atoms with Crippen LogP contribution >= 0.6 is 0 Å². The van der Waals surface area contributed by atoms with Crippen LogP contribution in [0.2, 0.25) is 0 Å². The van der Waals surface area contributed by atoms with Crippen molar-refractivity contribution in [3.63, 3.8) is 0 Å². The zero-order chi connectivity index (χ0) is 13.1. The lowest BCUT2D eigenvalue weighted by molar-refractivity contribution is 0.291. The first-order valence-electron chi connectivity index (χ1n) is 6.59. The highest BCUT2D eigenvalue weighted by atomic mass is 16.5. The van der Waals surface area contributed by atoms with E-state index in [1.165, 1.54) is 18.4 Å². The SMILES string of the molecule is Cn1cnnc1COc1ccc(CNC2CC2)cc1. The van der Waals surface area contributed by atoms with Gasteiger partial charge in [0.25, 0.3) is 0 Å². The van der Waals surface area contributed by atoms with Crippen LogP contribution in [0.1, 0.15) is 24.2 Å². The highest BCUT2D eigenvalue weighted by molar-refractivity contribution is 5.27. The van der Waals surface area contributed by atoms with Gasteiger partial charge in [0.15, 0.2) is 5.82 Å². The molecule has 1 heterocycles. The van der Waals surface area contributed by atoms with Gasteiger partial charge < -0.3 is 14.6 Å². The largest absolute Gasteiger partial charge is 0.486 e. The molecule has 2 aromatic rings. The predicted molar refractivity (Wildman–Crippen MR) is 71.6 cm³/mol. The summed E-state index contributed by atoms with van der Waals surface area (Å²) in [4.78, 5) is 0. The first-order valence-corrected chi connectivity index (χ1v) is 6.59. The molecule has 1 N–H and O–H groups in total. The number of aromatic nitrogens is 3. The minimum Gasteiger partial charge on any atom is -0.486 e. The van der Waals surface area contributed by atoms with Gasteiger partial charge in [-0.15, -0.1) is 10.2 Å². The van der Waals surface area contributed by atoms with Crippen LogP contribution in [0, 0.1) is 0 Å². The van der Waals surface area contributed by atoms with Crippen molar-refractivity contribution in [3.05, 3.63) is 42.0 Å². The molecule has 0 amide bonds. The van der Waals surface area contributed by atoms with E-state index < -0.39 is 0 Å². The number of ether oxygens (including phenoxy) is 1. The molecule has 3 rings (SSSR count). The summed E-state index contributed by atoms with van der Waals surface area (Å²) >= 11 is 0. The van der Waals surface area contributed by atoms with E-state index in [1.54, 1.807) is 6.33 Å². The molecule has 19 heavy (non-hydrogen) atoms. The molecule has 1 aromatic carbocycles. The molecule has 0 bridgehead atoms. The number of benzene rings is 1. The van der Waals surface area contributed by atoms with Crippen LogP contribution in [-0.2, 0) is 20.2 Å². The Morgan fingerprint density at radius 3 is 2.74 bits per heavy atom. The molecule has 0 aliphatic heterocycles. The maximum absolute atomic E-state index is 5.68. The van der Waals surface area contributed by atoms with E-state index in [2.05, 4.69) is 27.6 Å². The second-order valence-corrected chi connectivity index (χ2v) is 4.95. The van der Waals surface area contributed by atoms with E-state index in [9.17, 15) is 0 Å². The zero-order valence-corrected chi connectivity index (χ0v) is 11.0. The molecule has 1 aromatic heterocycles. The zero-order valence-electron chi connectivity index (χ0n) is 11.0. The Kier molecular flexibility index (Phi) is 3.46. The summed E-state index contributed by atoms with van der Waals surface area (Å²) in [5.74, 6) is 1.68. The first-order chi connectivity index (χ1) is 9.31. The van der Waals surface area contributed by atoms with Gasteiger partial charge in [0.1, 0.15) is 18.7 Å². The van der Waals surface area contributed by atoms with E-state index in [-0.39, 0.29) is 0 Å². The number of rotatable bonds is 6. The van der Waals surface area contributed by atoms with Crippen molar-refractivity contribution in [1.82, 2.24) is 20.1 Å². The van der Waals surface area contributed by atoms with Crippen LogP contribution in [0.15, 0.2) is 30.6 Å². The summed E-state index contributed by atoms with van der Waals surface area (Å²) in [7, 11) is 1.91. The summed E-state index contributed by atoms with van der Waals surface area (Å²) in [6.07, 6.45) is 4.31. The molecule has 0 saturated heterocycles. The van der Waals surface area contributed by atoms with Crippen LogP contribution < -0.4 is 10.1 Å². The third kappa shape index (κ3) is 3.32. The Morgan fingerprint density at radius 1 is 1.32 bits per heavy atom. The molecule has 0 spiro atoms. The third-order valence-electron chi connectivity index (χ3n) is 3.27. The van der Waals surface area contributed by atoms with E-state index in [0.717, 1.165) is 24.2 Å². The molecule has 0 atom stereocenters. The Morgan fingerprint density at radius 2 is 2.11 bits per heavy atom. The number of aryl methyl sites for hydroxylation is 1. The molecule has 1 aliphatic carbocycles. The summed E-state index contributed by atoms with van der Waals surface area (Å²) < 4.78 is 7.54. The van der Waals surface area contributed by atoms with E-state index >= 15 is 0 Å². The second kappa shape index (κ2) is 5.40. The molecule has 0 radical (unpaired) electrons. The average Bonchev–Trinajstić information content (AvgIpc) is 3.18. The number of hydrogen-bond donors (Lipinski definition) is 1. The Labute approximate surface area is 112 Å². The van der Waals surface area contributed by atoms with Crippen molar-refractivity contribution in [2.75, 3.05) is 0 Å². The second-order valence-electron chi connectivity index (χ2n) is 4.95. The van der Waals surface area contributed by atoms with Crippen molar-refractivity contribution >= 4 is 0 Å². The number of hydrogen-bond acceptors (Lipinski definition) is 4. The van der Waals surface area contributed by atoms with Gasteiger partial charge in [-0.2, -0.15) is 0 Å². The summed E-state index contributed by atoms with van der Waals surface area (Å²) in [6.45, 7) is 1.38. The van der Waals surface area contributed by atoms with Crippen LogP contribution in [0.3, 0.4) is 0 Å². The quantitative estimate of drug-likeness (QED) is 0.856. The lowest BCUT2D eigenvalue weighted by Crippen LogP contribution is -2.15. The van der Waals surface area contributed by atoms with Gasteiger partial charge in [-0.25, -0.2) is 0 Å². The van der Waals surface area contributed by atoms with Gasteiger partial charge in [-0.1, -0.05) is 12.1 Å². The normalized spacial score (nSPS) is 14.6. The Balaban J connectivity index is 1.52. The van der Waals surface area contributed by atoms with Crippen LogP contribution in [0.25, 0.3) is 0 Å². The molecule has 1 fully saturated rings. The number of nitrogens with one attached hydrogen (secondary N) is 1. The molecular formula is C14H18N4O. The van der Waals surface area contributed by atoms with Crippen LogP contribution in [0.4, 0.5) is 0 Å².